The van der Waals surface area contributed by atoms with Gasteiger partial charge in [-0.25, -0.2) is 4.39 Å². The summed E-state index contributed by atoms with van der Waals surface area (Å²) in [5.41, 5.74) is 0.731. The Morgan fingerprint density at radius 2 is 2.10 bits per heavy atom. The molecule has 0 saturated heterocycles. The molecule has 1 atom stereocenters. The van der Waals surface area contributed by atoms with Gasteiger partial charge in [-0.2, -0.15) is 0 Å². The van der Waals surface area contributed by atoms with Crippen LogP contribution in [-0.2, 0) is 6.42 Å². The molecule has 1 aliphatic carbocycles. The van der Waals surface area contributed by atoms with Gasteiger partial charge < -0.3 is 5.32 Å². The number of hydrogen-bond donors (Lipinski definition) is 1. The molecule has 1 unspecified atom stereocenters. The van der Waals surface area contributed by atoms with Crippen LogP contribution in [0.1, 0.15) is 51.0 Å². The van der Waals surface area contributed by atoms with Crippen molar-refractivity contribution in [2.75, 3.05) is 6.54 Å². The van der Waals surface area contributed by atoms with E-state index in [1.165, 1.54) is 32.1 Å². The normalized spacial score (nSPS) is 17.6. The summed E-state index contributed by atoms with van der Waals surface area (Å²) in [5.74, 6) is 0.637. The zero-order chi connectivity index (χ0) is 14.4. The predicted molar refractivity (Wildman–Crippen MR) is 83.8 cm³/mol. The molecule has 0 radical (unpaired) electrons. The van der Waals surface area contributed by atoms with E-state index in [2.05, 4.69) is 12.2 Å². The number of likely N-dealkylation sites (N-methyl/N-ethyl adjacent to an activating group) is 1. The lowest BCUT2D eigenvalue weighted by molar-refractivity contribution is 0.404. The fourth-order valence-corrected chi connectivity index (χ4v) is 3.47. The van der Waals surface area contributed by atoms with Crippen molar-refractivity contribution < 1.29 is 4.39 Å². The second kappa shape index (κ2) is 7.99. The molecule has 112 valence electrons. The molecule has 2 rings (SSSR count). The third kappa shape index (κ3) is 4.46. The van der Waals surface area contributed by atoms with Crippen LogP contribution >= 0.6 is 11.6 Å². The first kappa shape index (κ1) is 15.8. The molecule has 1 fully saturated rings. The van der Waals surface area contributed by atoms with Crippen LogP contribution in [0.15, 0.2) is 18.2 Å². The average molecular weight is 298 g/mol. The van der Waals surface area contributed by atoms with Crippen LogP contribution in [0.3, 0.4) is 0 Å². The van der Waals surface area contributed by atoms with Crippen LogP contribution in [-0.4, -0.2) is 12.6 Å². The predicted octanol–water partition coefficient (Wildman–Crippen LogP) is 4.97. The van der Waals surface area contributed by atoms with Gasteiger partial charge in [-0.3, -0.25) is 0 Å². The van der Waals surface area contributed by atoms with E-state index in [-0.39, 0.29) is 10.8 Å². The molecular weight excluding hydrogens is 273 g/mol. The van der Waals surface area contributed by atoms with E-state index < -0.39 is 0 Å². The molecule has 0 bridgehead atoms. The second-order valence-corrected chi connectivity index (χ2v) is 6.31. The van der Waals surface area contributed by atoms with Crippen LogP contribution in [0.4, 0.5) is 4.39 Å². The molecule has 0 aliphatic heterocycles. The lowest BCUT2D eigenvalue weighted by atomic mass is 9.95. The Labute approximate surface area is 126 Å². The molecule has 1 aromatic carbocycles. The quantitative estimate of drug-likeness (QED) is 0.749. The molecule has 0 spiro atoms. The molecule has 0 aromatic heterocycles. The molecule has 1 nitrogen and oxygen atoms in total. The summed E-state index contributed by atoms with van der Waals surface area (Å²) in [6.45, 7) is 3.04. The zero-order valence-electron chi connectivity index (χ0n) is 12.3. The van der Waals surface area contributed by atoms with Crippen LogP contribution in [0.25, 0.3) is 0 Å². The highest BCUT2D eigenvalue weighted by molar-refractivity contribution is 6.30. The van der Waals surface area contributed by atoms with E-state index >= 15 is 0 Å². The molecular formula is C17H25ClFN. The fraction of sp³-hybridized carbons (Fsp3) is 0.647. The van der Waals surface area contributed by atoms with Crippen molar-refractivity contribution in [3.05, 3.63) is 34.6 Å². The molecule has 1 aliphatic rings. The minimum Gasteiger partial charge on any atom is -0.314 e. The van der Waals surface area contributed by atoms with Crippen molar-refractivity contribution in [3.63, 3.8) is 0 Å². The number of nitrogens with one attached hydrogen (secondary N) is 1. The minimum absolute atomic E-state index is 0.230. The van der Waals surface area contributed by atoms with Crippen molar-refractivity contribution in [2.45, 2.75) is 57.9 Å². The van der Waals surface area contributed by atoms with Gasteiger partial charge in [0, 0.05) is 6.04 Å². The Morgan fingerprint density at radius 3 is 2.80 bits per heavy atom. The smallest absolute Gasteiger partial charge is 0.145 e. The molecule has 1 saturated carbocycles. The van der Waals surface area contributed by atoms with E-state index in [1.807, 2.05) is 12.1 Å². The lowest BCUT2D eigenvalue weighted by Gasteiger charge is -2.20. The molecule has 20 heavy (non-hydrogen) atoms. The van der Waals surface area contributed by atoms with Crippen molar-refractivity contribution in [2.24, 2.45) is 5.92 Å². The Hall–Kier alpha value is -0.600. The van der Waals surface area contributed by atoms with Gasteiger partial charge in [0.2, 0.25) is 0 Å². The first-order valence-electron chi connectivity index (χ1n) is 7.87. The van der Waals surface area contributed by atoms with Crippen molar-refractivity contribution in [3.8, 4) is 0 Å². The topological polar surface area (TPSA) is 12.0 Å². The summed E-state index contributed by atoms with van der Waals surface area (Å²) in [5, 5.41) is 3.72. The third-order valence-corrected chi connectivity index (χ3v) is 4.68. The van der Waals surface area contributed by atoms with Gasteiger partial charge in [0.05, 0.1) is 5.02 Å². The van der Waals surface area contributed by atoms with Gasteiger partial charge in [-0.1, -0.05) is 56.3 Å². The van der Waals surface area contributed by atoms with Gasteiger partial charge >= 0.3 is 0 Å². The van der Waals surface area contributed by atoms with E-state index in [9.17, 15) is 4.39 Å². The Bertz CT molecular complexity index is 415. The second-order valence-electron chi connectivity index (χ2n) is 5.90. The standard InChI is InChI=1S/C17H25ClFN/c1-2-20-15(11-10-13-6-3-4-7-13)12-14-8-5-9-16(18)17(14)19/h5,8-9,13,15,20H,2-4,6-7,10-12H2,1H3. The van der Waals surface area contributed by atoms with Crippen molar-refractivity contribution >= 4 is 11.6 Å². The monoisotopic (exact) mass is 297 g/mol. The molecule has 0 amide bonds. The zero-order valence-corrected chi connectivity index (χ0v) is 13.1. The third-order valence-electron chi connectivity index (χ3n) is 4.39. The molecule has 3 heteroatoms. The summed E-state index contributed by atoms with van der Waals surface area (Å²) in [4.78, 5) is 0. The number of halogens is 2. The Balaban J connectivity index is 1.92. The van der Waals surface area contributed by atoms with Crippen molar-refractivity contribution in [1.82, 2.24) is 5.32 Å². The first-order valence-corrected chi connectivity index (χ1v) is 8.24. The minimum atomic E-state index is -0.252. The summed E-state index contributed by atoms with van der Waals surface area (Å²) in [6, 6.07) is 5.65. The van der Waals surface area contributed by atoms with Crippen LogP contribution in [0, 0.1) is 11.7 Å². The SMILES string of the molecule is CCNC(CCC1CCCC1)Cc1cccc(Cl)c1F. The van der Waals surface area contributed by atoms with E-state index in [0.29, 0.717) is 6.04 Å². The first-order chi connectivity index (χ1) is 9.70. The fourth-order valence-electron chi connectivity index (χ4n) is 3.27. The number of hydrogen-bond acceptors (Lipinski definition) is 1. The van der Waals surface area contributed by atoms with Crippen LogP contribution in [0.2, 0.25) is 5.02 Å². The highest BCUT2D eigenvalue weighted by Crippen LogP contribution is 2.29. The Morgan fingerprint density at radius 1 is 1.35 bits per heavy atom. The maximum absolute atomic E-state index is 14.0. The van der Waals surface area contributed by atoms with E-state index in [0.717, 1.165) is 30.9 Å². The maximum Gasteiger partial charge on any atom is 0.145 e. The summed E-state index contributed by atoms with van der Waals surface area (Å²) >= 11 is 5.86. The van der Waals surface area contributed by atoms with Gasteiger partial charge in [0.1, 0.15) is 5.82 Å². The van der Waals surface area contributed by atoms with Gasteiger partial charge in [-0.15, -0.1) is 0 Å². The van der Waals surface area contributed by atoms with Crippen LogP contribution in [0.5, 0.6) is 0 Å². The maximum atomic E-state index is 14.0. The van der Waals surface area contributed by atoms with Gasteiger partial charge in [-0.05, 0) is 43.4 Å². The highest BCUT2D eigenvalue weighted by atomic mass is 35.5. The summed E-state index contributed by atoms with van der Waals surface area (Å²) in [6.07, 6.45) is 8.66. The summed E-state index contributed by atoms with van der Waals surface area (Å²) < 4.78 is 14.0. The largest absolute Gasteiger partial charge is 0.314 e. The van der Waals surface area contributed by atoms with E-state index in [1.54, 1.807) is 6.07 Å². The summed E-state index contributed by atoms with van der Waals surface area (Å²) in [7, 11) is 0. The number of benzene rings is 1. The molecule has 1 aromatic rings. The van der Waals surface area contributed by atoms with Crippen molar-refractivity contribution in [1.29, 1.82) is 0 Å². The lowest BCUT2D eigenvalue weighted by Crippen LogP contribution is -2.31. The number of rotatable bonds is 7. The van der Waals surface area contributed by atoms with E-state index in [4.69, 9.17) is 11.6 Å². The average Bonchev–Trinajstić information content (AvgIpc) is 2.94. The van der Waals surface area contributed by atoms with Gasteiger partial charge in [0.25, 0.3) is 0 Å². The highest BCUT2D eigenvalue weighted by Gasteiger charge is 2.18. The Kier molecular flexibility index (Phi) is 6.31. The molecule has 1 N–H and O–H groups in total. The molecule has 0 heterocycles. The van der Waals surface area contributed by atoms with Crippen LogP contribution < -0.4 is 5.32 Å². The van der Waals surface area contributed by atoms with Gasteiger partial charge in [0.15, 0.2) is 0 Å².